The average molecular weight is 299 g/mol. The van der Waals surface area contributed by atoms with Crippen LogP contribution in [0.15, 0.2) is 23.2 Å². The van der Waals surface area contributed by atoms with Gasteiger partial charge in [0.05, 0.1) is 5.75 Å². The number of nitrogens with one attached hydrogen (secondary N) is 1. The van der Waals surface area contributed by atoms with Gasteiger partial charge in [-0.05, 0) is 12.1 Å². The summed E-state index contributed by atoms with van der Waals surface area (Å²) in [4.78, 5) is 3.46. The predicted octanol–water partition coefficient (Wildman–Crippen LogP) is 0.0579. The lowest BCUT2D eigenvalue weighted by Gasteiger charge is -2.06. The number of hydrogen-bond acceptors (Lipinski definition) is 5. The second-order valence-electron chi connectivity index (χ2n) is 3.32. The molecule has 17 heavy (non-hydrogen) atoms. The van der Waals surface area contributed by atoms with E-state index in [1.807, 2.05) is 0 Å². The summed E-state index contributed by atoms with van der Waals surface area (Å²) >= 11 is 5.63. The first kappa shape index (κ1) is 14.4. The maximum Gasteiger partial charge on any atom is 0.243 e. The lowest BCUT2D eigenvalue weighted by Crippen LogP contribution is -2.29. The molecule has 0 saturated carbocycles. The van der Waals surface area contributed by atoms with Gasteiger partial charge in [0.25, 0.3) is 0 Å². The van der Waals surface area contributed by atoms with Gasteiger partial charge in [-0.2, -0.15) is 0 Å². The van der Waals surface area contributed by atoms with Crippen molar-refractivity contribution in [2.45, 2.75) is 4.90 Å². The zero-order chi connectivity index (χ0) is 13.1. The van der Waals surface area contributed by atoms with Gasteiger partial charge in [0.15, 0.2) is 0 Å². The minimum atomic E-state index is -3.82. The summed E-state index contributed by atoms with van der Waals surface area (Å²) in [6.45, 7) is -0.202. The van der Waals surface area contributed by atoms with Crippen LogP contribution >= 0.6 is 11.6 Å². The van der Waals surface area contributed by atoms with Gasteiger partial charge in [0.2, 0.25) is 10.0 Å². The van der Waals surface area contributed by atoms with Gasteiger partial charge in [-0.15, -0.1) is 0 Å². The third kappa shape index (κ3) is 4.58. The molecule has 0 spiro atoms. The third-order valence-electron chi connectivity index (χ3n) is 1.78. The molecule has 0 aliphatic carbocycles. The van der Waals surface area contributed by atoms with Gasteiger partial charge < -0.3 is 0 Å². The van der Waals surface area contributed by atoms with Crippen molar-refractivity contribution in [1.82, 2.24) is 9.71 Å². The smallest absolute Gasteiger partial charge is 0.243 e. The van der Waals surface area contributed by atoms with Crippen molar-refractivity contribution in [2.24, 2.45) is 0 Å². The standard InChI is InChI=1S/C8H11ClN2O4S2/c1-16(12,13)6-5-11-17(14,15)7-3-2-4-10-8(7)9/h2-4,11H,5-6H2,1H3. The quantitative estimate of drug-likeness (QED) is 0.776. The van der Waals surface area contributed by atoms with E-state index in [4.69, 9.17) is 11.6 Å². The number of sulfone groups is 1. The number of pyridine rings is 1. The van der Waals surface area contributed by atoms with Crippen molar-refractivity contribution in [3.63, 3.8) is 0 Å². The zero-order valence-corrected chi connectivity index (χ0v) is 11.3. The van der Waals surface area contributed by atoms with Crippen molar-refractivity contribution in [3.05, 3.63) is 23.5 Å². The Morgan fingerprint density at radius 3 is 2.53 bits per heavy atom. The van der Waals surface area contributed by atoms with Crippen LogP contribution in [0.5, 0.6) is 0 Å². The first-order valence-electron chi connectivity index (χ1n) is 4.50. The molecule has 0 aromatic carbocycles. The molecule has 0 amide bonds. The van der Waals surface area contributed by atoms with Gasteiger partial charge in [-0.25, -0.2) is 26.5 Å². The topological polar surface area (TPSA) is 93.2 Å². The van der Waals surface area contributed by atoms with E-state index in [1.165, 1.54) is 18.3 Å². The Morgan fingerprint density at radius 2 is 2.00 bits per heavy atom. The van der Waals surface area contributed by atoms with Gasteiger partial charge >= 0.3 is 0 Å². The second kappa shape index (κ2) is 5.30. The van der Waals surface area contributed by atoms with Crippen LogP contribution in [0, 0.1) is 0 Å². The van der Waals surface area contributed by atoms with Crippen molar-refractivity contribution in [1.29, 1.82) is 0 Å². The fourth-order valence-corrected chi connectivity index (χ4v) is 3.10. The summed E-state index contributed by atoms with van der Waals surface area (Å²) in [6.07, 6.45) is 2.39. The average Bonchev–Trinajstić information content (AvgIpc) is 2.15. The molecular weight excluding hydrogens is 288 g/mol. The maximum atomic E-state index is 11.7. The van der Waals surface area contributed by atoms with Crippen LogP contribution in [0.1, 0.15) is 0 Å². The van der Waals surface area contributed by atoms with Crippen LogP contribution in [0.3, 0.4) is 0 Å². The van der Waals surface area contributed by atoms with Crippen molar-refractivity contribution in [2.75, 3.05) is 18.6 Å². The highest BCUT2D eigenvalue weighted by Crippen LogP contribution is 2.17. The molecule has 0 bridgehead atoms. The third-order valence-corrected chi connectivity index (χ3v) is 4.63. The number of aromatic nitrogens is 1. The summed E-state index contributed by atoms with van der Waals surface area (Å²) in [5.74, 6) is -0.274. The molecule has 0 saturated heterocycles. The predicted molar refractivity (Wildman–Crippen MR) is 64.1 cm³/mol. The van der Waals surface area contributed by atoms with Gasteiger partial charge in [-0.1, -0.05) is 11.6 Å². The van der Waals surface area contributed by atoms with Crippen LogP contribution in [-0.2, 0) is 19.9 Å². The van der Waals surface area contributed by atoms with E-state index in [1.54, 1.807) is 0 Å². The molecule has 0 aliphatic heterocycles. The van der Waals surface area contributed by atoms with Crippen LogP contribution in [0.25, 0.3) is 0 Å². The van der Waals surface area contributed by atoms with Crippen LogP contribution in [0.4, 0.5) is 0 Å². The number of hydrogen-bond donors (Lipinski definition) is 1. The Bertz CT molecular complexity index is 598. The monoisotopic (exact) mass is 298 g/mol. The Kier molecular flexibility index (Phi) is 4.48. The van der Waals surface area contributed by atoms with E-state index in [-0.39, 0.29) is 22.3 Å². The van der Waals surface area contributed by atoms with E-state index < -0.39 is 19.9 Å². The van der Waals surface area contributed by atoms with E-state index in [9.17, 15) is 16.8 Å². The summed E-state index contributed by atoms with van der Waals surface area (Å²) in [7, 11) is -7.04. The molecule has 0 unspecified atom stereocenters. The van der Waals surface area contributed by atoms with E-state index >= 15 is 0 Å². The molecule has 0 atom stereocenters. The maximum absolute atomic E-state index is 11.7. The normalized spacial score (nSPS) is 12.6. The molecule has 0 aliphatic rings. The molecule has 0 fully saturated rings. The molecule has 0 radical (unpaired) electrons. The fraction of sp³-hybridized carbons (Fsp3) is 0.375. The SMILES string of the molecule is CS(=O)(=O)CCNS(=O)(=O)c1cccnc1Cl. The van der Waals surface area contributed by atoms with Gasteiger partial charge in [0.1, 0.15) is 19.9 Å². The Hall–Kier alpha value is -0.700. The Labute approximate surface area is 105 Å². The molecule has 6 nitrogen and oxygen atoms in total. The van der Waals surface area contributed by atoms with Crippen LogP contribution < -0.4 is 4.72 Å². The number of sulfonamides is 1. The molecule has 1 heterocycles. The molecule has 1 aromatic rings. The lowest BCUT2D eigenvalue weighted by atomic mass is 10.5. The summed E-state index contributed by atoms with van der Waals surface area (Å²) in [5.41, 5.74) is 0. The Balaban J connectivity index is 2.81. The van der Waals surface area contributed by atoms with E-state index in [0.29, 0.717) is 0 Å². The van der Waals surface area contributed by atoms with Gasteiger partial charge in [-0.3, -0.25) is 0 Å². The first-order valence-corrected chi connectivity index (χ1v) is 8.42. The molecule has 96 valence electrons. The highest BCUT2D eigenvalue weighted by atomic mass is 35.5. The van der Waals surface area contributed by atoms with Crippen molar-refractivity contribution in [3.8, 4) is 0 Å². The zero-order valence-electron chi connectivity index (χ0n) is 8.92. The molecule has 9 heteroatoms. The van der Waals surface area contributed by atoms with Crippen molar-refractivity contribution < 1.29 is 16.8 Å². The minimum Gasteiger partial charge on any atom is -0.243 e. The fourth-order valence-electron chi connectivity index (χ4n) is 1.01. The largest absolute Gasteiger partial charge is 0.243 e. The number of halogens is 1. The van der Waals surface area contributed by atoms with Crippen LogP contribution in [-0.4, -0.2) is 40.4 Å². The van der Waals surface area contributed by atoms with Gasteiger partial charge in [0, 0.05) is 19.0 Å². The molecule has 1 N–H and O–H groups in total. The summed E-state index contributed by atoms with van der Waals surface area (Å²) < 4.78 is 47.3. The second-order valence-corrected chi connectivity index (χ2v) is 7.67. The van der Waals surface area contributed by atoms with E-state index in [2.05, 4.69) is 9.71 Å². The minimum absolute atomic E-state index is 0.153. The molecular formula is C8H11ClN2O4S2. The molecule has 1 aromatic heterocycles. The summed E-state index contributed by atoms with van der Waals surface area (Å²) in [5, 5.41) is -0.153. The highest BCUT2D eigenvalue weighted by Gasteiger charge is 2.18. The molecule has 1 rings (SSSR count). The van der Waals surface area contributed by atoms with Crippen LogP contribution in [0.2, 0.25) is 5.15 Å². The Morgan fingerprint density at radius 1 is 1.35 bits per heavy atom. The first-order chi connectivity index (χ1) is 7.72. The van der Waals surface area contributed by atoms with Crippen molar-refractivity contribution >= 4 is 31.5 Å². The number of rotatable bonds is 5. The highest BCUT2D eigenvalue weighted by molar-refractivity contribution is 7.91. The van der Waals surface area contributed by atoms with E-state index in [0.717, 1.165) is 6.26 Å². The lowest BCUT2D eigenvalue weighted by molar-refractivity contribution is 0.581. The number of nitrogens with zero attached hydrogens (tertiary/aromatic N) is 1. The summed E-state index contributed by atoms with van der Waals surface area (Å²) in [6, 6.07) is 2.72.